The maximum Gasteiger partial charge on any atom is 0.490 e. The maximum atomic E-state index is 10.6. The van der Waals surface area contributed by atoms with E-state index < -0.39 is 36.4 Å². The zero-order valence-corrected chi connectivity index (χ0v) is 31.6. The molecule has 0 atom stereocenters. The van der Waals surface area contributed by atoms with Crippen molar-refractivity contribution in [2.75, 3.05) is 46.9 Å². The lowest BCUT2D eigenvalue weighted by molar-refractivity contribution is -0.193. The summed E-state index contributed by atoms with van der Waals surface area (Å²) in [6, 6.07) is 11.4. The number of aliphatic carboxylic acids is 3. The number of carbonyl (C=O) groups is 3. The second kappa shape index (κ2) is 20.6. The molecule has 2 aliphatic heterocycles. The predicted molar refractivity (Wildman–Crippen MR) is 188 cm³/mol. The van der Waals surface area contributed by atoms with Gasteiger partial charge in [0, 0.05) is 18.2 Å². The van der Waals surface area contributed by atoms with Gasteiger partial charge in [0.05, 0.1) is 25.3 Å². The molecule has 2 fully saturated rings. The smallest absolute Gasteiger partial charge is 0.490 e. The summed E-state index contributed by atoms with van der Waals surface area (Å²) in [5, 5.41) is 21.4. The van der Waals surface area contributed by atoms with Crippen LogP contribution in [0.2, 0.25) is 0 Å². The van der Waals surface area contributed by atoms with E-state index in [9.17, 15) is 39.5 Å². The Bertz CT molecular complexity index is 1720. The minimum Gasteiger partial charge on any atom is -0.493 e. The third-order valence-corrected chi connectivity index (χ3v) is 8.88. The molecule has 2 saturated heterocycles. The molecule has 0 aliphatic carbocycles. The van der Waals surface area contributed by atoms with Crippen LogP contribution in [-0.4, -0.2) is 125 Å². The highest BCUT2D eigenvalue weighted by atomic mass is 19.4. The number of halogens is 9. The first-order valence-corrected chi connectivity index (χ1v) is 17.4. The monoisotopic (exact) mass is 832 g/mol. The van der Waals surface area contributed by atoms with Crippen LogP contribution in [0.4, 0.5) is 39.5 Å². The van der Waals surface area contributed by atoms with Crippen LogP contribution in [0, 0.1) is 12.8 Å². The number of rotatable bonds is 7. The quantitative estimate of drug-likeness (QED) is 0.172. The van der Waals surface area contributed by atoms with Gasteiger partial charge in [0.25, 0.3) is 0 Å². The molecule has 2 aliphatic rings. The summed E-state index contributed by atoms with van der Waals surface area (Å²) >= 11 is 0. The molecule has 0 saturated carbocycles. The van der Waals surface area contributed by atoms with Crippen molar-refractivity contribution in [3.05, 3.63) is 41.5 Å². The average molecular weight is 833 g/mol. The van der Waals surface area contributed by atoms with E-state index in [0.29, 0.717) is 11.7 Å². The van der Waals surface area contributed by atoms with Crippen LogP contribution in [0.1, 0.15) is 56.6 Å². The largest absolute Gasteiger partial charge is 0.493 e. The van der Waals surface area contributed by atoms with Gasteiger partial charge in [0.1, 0.15) is 5.82 Å². The van der Waals surface area contributed by atoms with Crippen molar-refractivity contribution in [1.82, 2.24) is 19.8 Å². The van der Waals surface area contributed by atoms with Gasteiger partial charge in [-0.3, -0.25) is 0 Å². The summed E-state index contributed by atoms with van der Waals surface area (Å²) < 4.78 is 106. The van der Waals surface area contributed by atoms with Gasteiger partial charge in [-0.15, -0.1) is 0 Å². The van der Waals surface area contributed by atoms with Crippen LogP contribution >= 0.6 is 0 Å². The number of nitrogens with zero attached hydrogens (tertiary/aromatic N) is 3. The lowest BCUT2D eigenvalue weighted by Crippen LogP contribution is -2.48. The van der Waals surface area contributed by atoms with Crippen molar-refractivity contribution < 1.29 is 78.7 Å². The Labute approximate surface area is 321 Å². The topological polar surface area (TPSA) is 166 Å². The fourth-order valence-corrected chi connectivity index (χ4v) is 6.26. The predicted octanol–water partition coefficient (Wildman–Crippen LogP) is 7.76. The normalized spacial score (nSPS) is 16.1. The second-order valence-corrected chi connectivity index (χ2v) is 13.5. The van der Waals surface area contributed by atoms with Gasteiger partial charge in [-0.2, -0.15) is 39.5 Å². The van der Waals surface area contributed by atoms with Crippen molar-refractivity contribution >= 4 is 28.9 Å². The SMILES string of the molecule is COc1ccc(-c2nc3c(C)cc(C4CCN(C5CCN(CC(C)C)CC5)CC4)cc3[nH]2)cc1OC.O=C(O)C(F)(F)F.O=C(O)C(F)(F)F.O=C(O)C(F)(F)F. The van der Waals surface area contributed by atoms with E-state index in [1.807, 2.05) is 18.2 Å². The summed E-state index contributed by atoms with van der Waals surface area (Å²) in [4.78, 5) is 40.6. The summed E-state index contributed by atoms with van der Waals surface area (Å²) in [6.45, 7) is 13.1. The highest BCUT2D eigenvalue weighted by Crippen LogP contribution is 2.36. The molecule has 4 N–H and O–H groups in total. The second-order valence-electron chi connectivity index (χ2n) is 13.5. The van der Waals surface area contributed by atoms with Crippen LogP contribution in [-0.2, 0) is 14.4 Å². The first-order valence-electron chi connectivity index (χ1n) is 17.4. The van der Waals surface area contributed by atoms with Gasteiger partial charge in [-0.25, -0.2) is 19.4 Å². The zero-order chi connectivity index (χ0) is 43.5. The zero-order valence-electron chi connectivity index (χ0n) is 31.6. The van der Waals surface area contributed by atoms with E-state index in [-0.39, 0.29) is 0 Å². The molecule has 0 spiro atoms. The van der Waals surface area contributed by atoms with Crippen LogP contribution in [0.3, 0.4) is 0 Å². The molecule has 1 aromatic heterocycles. The fraction of sp³-hybridized carbons (Fsp3) is 0.556. The van der Waals surface area contributed by atoms with Crippen molar-refractivity contribution in [1.29, 1.82) is 0 Å². The summed E-state index contributed by atoms with van der Waals surface area (Å²) in [5.41, 5.74) is 5.86. The Morgan fingerprint density at radius 1 is 0.772 bits per heavy atom. The summed E-state index contributed by atoms with van der Waals surface area (Å²) in [5.74, 6) is -4.58. The molecule has 3 aromatic rings. The fourth-order valence-electron chi connectivity index (χ4n) is 6.26. The minimum absolute atomic E-state index is 0.623. The van der Waals surface area contributed by atoms with Crippen molar-refractivity contribution in [3.63, 3.8) is 0 Å². The third kappa shape index (κ3) is 15.2. The number of hydrogen-bond acceptors (Lipinski definition) is 8. The van der Waals surface area contributed by atoms with Crippen LogP contribution in [0.25, 0.3) is 22.4 Å². The maximum absolute atomic E-state index is 10.6. The number of alkyl halides is 9. The van der Waals surface area contributed by atoms with Crippen LogP contribution in [0.5, 0.6) is 11.5 Å². The molecule has 3 heterocycles. The van der Waals surface area contributed by atoms with E-state index in [1.54, 1.807) is 14.2 Å². The molecule has 12 nitrogen and oxygen atoms in total. The van der Waals surface area contributed by atoms with Crippen molar-refractivity contribution in [2.45, 2.75) is 76.9 Å². The van der Waals surface area contributed by atoms with Gasteiger partial charge in [-0.1, -0.05) is 19.9 Å². The first-order chi connectivity index (χ1) is 26.3. The summed E-state index contributed by atoms with van der Waals surface area (Å²) in [6.07, 6.45) is -10.1. The van der Waals surface area contributed by atoms with E-state index >= 15 is 0 Å². The van der Waals surface area contributed by atoms with Crippen LogP contribution in [0.15, 0.2) is 30.3 Å². The number of fused-ring (bicyclic) bond motifs is 1. The highest BCUT2D eigenvalue weighted by molar-refractivity contribution is 5.83. The lowest BCUT2D eigenvalue weighted by atomic mass is 9.87. The van der Waals surface area contributed by atoms with Gasteiger partial charge in [-0.05, 0) is 106 Å². The molecule has 21 heteroatoms. The van der Waals surface area contributed by atoms with Gasteiger partial charge in [0.15, 0.2) is 11.5 Å². The van der Waals surface area contributed by atoms with E-state index in [0.717, 1.165) is 40.1 Å². The van der Waals surface area contributed by atoms with E-state index in [2.05, 4.69) is 47.7 Å². The first kappa shape index (κ1) is 48.4. The van der Waals surface area contributed by atoms with Gasteiger partial charge >= 0.3 is 36.4 Å². The number of nitrogens with one attached hydrogen (secondary N) is 1. The average Bonchev–Trinajstić information content (AvgIpc) is 3.56. The number of carboxylic acid groups (broad SMARTS) is 3. The Morgan fingerprint density at radius 2 is 1.25 bits per heavy atom. The molecule has 5 rings (SSSR count). The number of aromatic amines is 1. The molecule has 0 unspecified atom stereocenters. The number of piperidine rings is 2. The third-order valence-electron chi connectivity index (χ3n) is 8.88. The Morgan fingerprint density at radius 3 is 1.67 bits per heavy atom. The number of benzene rings is 2. The number of hydrogen-bond donors (Lipinski definition) is 4. The number of aromatic nitrogens is 2. The minimum atomic E-state index is -5.08. The van der Waals surface area contributed by atoms with Gasteiger partial charge in [0.2, 0.25) is 0 Å². The van der Waals surface area contributed by atoms with Crippen molar-refractivity contribution in [3.8, 4) is 22.9 Å². The van der Waals surface area contributed by atoms with Gasteiger partial charge < -0.3 is 39.6 Å². The number of carboxylic acids is 3. The molecule has 0 radical (unpaired) electrons. The van der Waals surface area contributed by atoms with E-state index in [4.69, 9.17) is 44.2 Å². The highest BCUT2D eigenvalue weighted by Gasteiger charge is 2.39. The molecule has 57 heavy (non-hydrogen) atoms. The molecular weight excluding hydrogens is 787 g/mol. The lowest BCUT2D eigenvalue weighted by Gasteiger charge is -2.42. The number of imidazole rings is 1. The van der Waals surface area contributed by atoms with Crippen LogP contribution < -0.4 is 9.47 Å². The Balaban J connectivity index is 0.000000438. The van der Waals surface area contributed by atoms with E-state index in [1.165, 1.54) is 69.5 Å². The Kier molecular flexibility index (Phi) is 17.5. The molecule has 2 aromatic carbocycles. The summed E-state index contributed by atoms with van der Waals surface area (Å²) in [7, 11) is 3.32. The number of H-pyrrole nitrogens is 1. The molecule has 320 valence electrons. The standard InChI is InChI=1S/C30H42N4O2.3C2HF3O2/c1-20(2)19-33-12-10-25(11-13-33)34-14-8-22(9-15-34)24-16-21(3)29-26(17-24)31-30(32-29)23-6-7-27(35-4)28(18-23)36-5;3*3-2(4,5)1(6)7/h6-7,16-18,20,22,25H,8-15,19H2,1-5H3,(H,31,32);3*(H,6,7). The molecule has 0 amide bonds. The number of methoxy groups -OCH3 is 2. The number of likely N-dealkylation sites (tertiary alicyclic amines) is 2. The number of aryl methyl sites for hydroxylation is 1. The van der Waals surface area contributed by atoms with Crippen molar-refractivity contribution in [2.24, 2.45) is 5.92 Å². The molecule has 0 bridgehead atoms. The number of ether oxygens (including phenoxy) is 2. The Hall–Kier alpha value is -4.79. The molecular formula is C36H45F9N4O8.